The van der Waals surface area contributed by atoms with Crippen molar-refractivity contribution in [1.29, 1.82) is 0 Å². The molecule has 0 bridgehead atoms. The fraction of sp³-hybridized carbons (Fsp3) is 0.875. The van der Waals surface area contributed by atoms with E-state index in [1.54, 1.807) is 0 Å². The summed E-state index contributed by atoms with van der Waals surface area (Å²) in [5, 5.41) is 2.85. The Balaban J connectivity index is 3.62. The predicted molar refractivity (Wildman–Crippen MR) is 42.7 cm³/mol. The predicted octanol–water partition coefficient (Wildman–Crippen LogP) is 1.56. The van der Waals surface area contributed by atoms with Crippen molar-refractivity contribution in [2.75, 3.05) is 0 Å². The highest BCUT2D eigenvalue weighted by Gasteiger charge is 2.09. The van der Waals surface area contributed by atoms with Gasteiger partial charge in [0.25, 0.3) is 0 Å². The molecule has 0 heterocycles. The molecular weight excluding hydrogens is 126 g/mol. The number of nitrogens with one attached hydrogen (secondary N) is 1. The highest BCUT2D eigenvalue weighted by Crippen LogP contribution is 1.99. The first-order valence-corrected chi connectivity index (χ1v) is 3.88. The summed E-state index contributed by atoms with van der Waals surface area (Å²) in [6.07, 6.45) is 0.915. The fourth-order valence-corrected chi connectivity index (χ4v) is 0.612. The molecule has 0 radical (unpaired) electrons. The van der Waals surface area contributed by atoms with E-state index in [0.717, 1.165) is 6.42 Å². The summed E-state index contributed by atoms with van der Waals surface area (Å²) in [6.45, 7) is 7.91. The third kappa shape index (κ3) is 3.49. The lowest BCUT2D eigenvalue weighted by Gasteiger charge is -2.11. The Hall–Kier alpha value is -0.530. The molecule has 60 valence electrons. The van der Waals surface area contributed by atoms with Crippen LogP contribution >= 0.6 is 0 Å². The fourth-order valence-electron chi connectivity index (χ4n) is 0.612. The van der Waals surface area contributed by atoms with Crippen molar-refractivity contribution in [3.63, 3.8) is 0 Å². The van der Waals surface area contributed by atoms with Crippen LogP contribution in [-0.4, -0.2) is 11.9 Å². The molecule has 0 saturated heterocycles. The first-order valence-electron chi connectivity index (χ1n) is 3.88. The molecule has 2 nitrogen and oxygen atoms in total. The molecule has 0 fully saturated rings. The van der Waals surface area contributed by atoms with Crippen molar-refractivity contribution in [3.05, 3.63) is 0 Å². The van der Waals surface area contributed by atoms with Gasteiger partial charge in [-0.2, -0.15) is 0 Å². The summed E-state index contributed by atoms with van der Waals surface area (Å²) in [5.41, 5.74) is 0. The number of amides is 1. The van der Waals surface area contributed by atoms with Crippen LogP contribution in [-0.2, 0) is 4.79 Å². The molecule has 10 heavy (non-hydrogen) atoms. The van der Waals surface area contributed by atoms with Crippen LogP contribution in [0.5, 0.6) is 0 Å². The molecule has 1 unspecified atom stereocenters. The molecule has 1 atom stereocenters. The second-order valence-corrected chi connectivity index (χ2v) is 2.97. The van der Waals surface area contributed by atoms with E-state index in [2.05, 4.69) is 5.32 Å². The van der Waals surface area contributed by atoms with E-state index in [4.69, 9.17) is 0 Å². The minimum Gasteiger partial charge on any atom is -0.354 e. The van der Waals surface area contributed by atoms with Gasteiger partial charge in [0.1, 0.15) is 0 Å². The van der Waals surface area contributed by atoms with Gasteiger partial charge in [0, 0.05) is 12.0 Å². The maximum absolute atomic E-state index is 11.1. The Bertz CT molecular complexity index is 110. The zero-order valence-electron chi connectivity index (χ0n) is 7.27. The maximum Gasteiger partial charge on any atom is 0.223 e. The van der Waals surface area contributed by atoms with E-state index in [1.165, 1.54) is 0 Å². The van der Waals surface area contributed by atoms with E-state index < -0.39 is 0 Å². The summed E-state index contributed by atoms with van der Waals surface area (Å²) in [5.74, 6) is 0.319. The Labute approximate surface area is 63.0 Å². The summed E-state index contributed by atoms with van der Waals surface area (Å²) < 4.78 is 0. The highest BCUT2D eigenvalue weighted by molar-refractivity contribution is 5.78. The van der Waals surface area contributed by atoms with Gasteiger partial charge in [0.05, 0.1) is 0 Å². The Morgan fingerprint density at radius 1 is 1.40 bits per heavy atom. The topological polar surface area (TPSA) is 29.1 Å². The van der Waals surface area contributed by atoms with E-state index in [-0.39, 0.29) is 17.9 Å². The zero-order chi connectivity index (χ0) is 8.15. The largest absolute Gasteiger partial charge is 0.354 e. The molecule has 0 saturated carbocycles. The van der Waals surface area contributed by atoms with Crippen molar-refractivity contribution in [3.8, 4) is 0 Å². The molecule has 0 aromatic carbocycles. The number of carbonyl (C=O) groups is 1. The monoisotopic (exact) mass is 143 g/mol. The number of rotatable bonds is 3. The SMILES string of the molecule is CCC(C)C(=O)NC(C)C. The van der Waals surface area contributed by atoms with Gasteiger partial charge in [0.2, 0.25) is 5.91 Å². The van der Waals surface area contributed by atoms with Crippen LogP contribution in [0.1, 0.15) is 34.1 Å². The van der Waals surface area contributed by atoms with Crippen LogP contribution in [0.4, 0.5) is 0 Å². The standard InChI is InChI=1S/C8H17NO/c1-5-7(4)8(10)9-6(2)3/h6-7H,5H2,1-4H3,(H,9,10). The van der Waals surface area contributed by atoms with Crippen LogP contribution in [0.2, 0.25) is 0 Å². The normalized spacial score (nSPS) is 13.3. The number of carbonyl (C=O) groups excluding carboxylic acids is 1. The molecule has 0 aromatic rings. The molecule has 0 spiro atoms. The number of hydrogen-bond donors (Lipinski definition) is 1. The zero-order valence-corrected chi connectivity index (χ0v) is 7.27. The second-order valence-electron chi connectivity index (χ2n) is 2.97. The van der Waals surface area contributed by atoms with Crippen LogP contribution in [0.3, 0.4) is 0 Å². The lowest BCUT2D eigenvalue weighted by Crippen LogP contribution is -2.34. The quantitative estimate of drug-likeness (QED) is 0.638. The highest BCUT2D eigenvalue weighted by atomic mass is 16.1. The van der Waals surface area contributed by atoms with Crippen LogP contribution in [0.15, 0.2) is 0 Å². The molecule has 0 aliphatic rings. The average Bonchev–Trinajstić information content (AvgIpc) is 1.85. The van der Waals surface area contributed by atoms with Gasteiger partial charge >= 0.3 is 0 Å². The Morgan fingerprint density at radius 2 is 1.90 bits per heavy atom. The van der Waals surface area contributed by atoms with Gasteiger partial charge in [0.15, 0.2) is 0 Å². The molecule has 0 rings (SSSR count). The molecule has 1 amide bonds. The maximum atomic E-state index is 11.1. The third-order valence-electron chi connectivity index (χ3n) is 1.49. The summed E-state index contributed by atoms with van der Waals surface area (Å²) in [7, 11) is 0. The molecular formula is C8H17NO. The van der Waals surface area contributed by atoms with Crippen molar-refractivity contribution in [1.82, 2.24) is 5.32 Å². The van der Waals surface area contributed by atoms with Crippen LogP contribution in [0.25, 0.3) is 0 Å². The lowest BCUT2D eigenvalue weighted by atomic mass is 10.1. The third-order valence-corrected chi connectivity index (χ3v) is 1.49. The molecule has 0 aliphatic carbocycles. The molecule has 2 heteroatoms. The first-order chi connectivity index (χ1) is 4.57. The van der Waals surface area contributed by atoms with Crippen molar-refractivity contribution >= 4 is 5.91 Å². The van der Waals surface area contributed by atoms with E-state index in [9.17, 15) is 4.79 Å². The molecule has 1 N–H and O–H groups in total. The Kier molecular flexibility index (Phi) is 4.08. The van der Waals surface area contributed by atoms with Gasteiger partial charge < -0.3 is 5.32 Å². The molecule has 0 aliphatic heterocycles. The van der Waals surface area contributed by atoms with Gasteiger partial charge in [-0.25, -0.2) is 0 Å². The Morgan fingerprint density at radius 3 is 2.20 bits per heavy atom. The van der Waals surface area contributed by atoms with Crippen molar-refractivity contribution in [2.45, 2.75) is 40.2 Å². The van der Waals surface area contributed by atoms with Gasteiger partial charge in [-0.15, -0.1) is 0 Å². The summed E-state index contributed by atoms with van der Waals surface area (Å²) in [6, 6.07) is 0.265. The van der Waals surface area contributed by atoms with E-state index in [0.29, 0.717) is 0 Å². The minimum atomic E-state index is 0.155. The average molecular weight is 143 g/mol. The van der Waals surface area contributed by atoms with E-state index >= 15 is 0 Å². The van der Waals surface area contributed by atoms with E-state index in [1.807, 2.05) is 27.7 Å². The lowest BCUT2D eigenvalue weighted by molar-refractivity contribution is -0.125. The van der Waals surface area contributed by atoms with Crippen LogP contribution in [0, 0.1) is 5.92 Å². The van der Waals surface area contributed by atoms with Gasteiger partial charge in [-0.1, -0.05) is 13.8 Å². The molecule has 0 aromatic heterocycles. The smallest absolute Gasteiger partial charge is 0.223 e. The minimum absolute atomic E-state index is 0.155. The second kappa shape index (κ2) is 4.31. The van der Waals surface area contributed by atoms with Crippen molar-refractivity contribution in [2.24, 2.45) is 5.92 Å². The first kappa shape index (κ1) is 9.47. The van der Waals surface area contributed by atoms with Gasteiger partial charge in [-0.05, 0) is 20.3 Å². The van der Waals surface area contributed by atoms with Crippen LogP contribution < -0.4 is 5.32 Å². The number of hydrogen-bond acceptors (Lipinski definition) is 1. The summed E-state index contributed by atoms with van der Waals surface area (Å²) >= 11 is 0. The van der Waals surface area contributed by atoms with Crippen molar-refractivity contribution < 1.29 is 4.79 Å². The van der Waals surface area contributed by atoms with Gasteiger partial charge in [-0.3, -0.25) is 4.79 Å². The summed E-state index contributed by atoms with van der Waals surface area (Å²) in [4.78, 5) is 11.1.